The van der Waals surface area contributed by atoms with Crippen molar-refractivity contribution in [2.24, 2.45) is 17.8 Å². The molecule has 2 N–H and O–H groups in total. The van der Waals surface area contributed by atoms with Gasteiger partial charge in [0.1, 0.15) is 0 Å². The summed E-state index contributed by atoms with van der Waals surface area (Å²) < 4.78 is 38.1. The van der Waals surface area contributed by atoms with E-state index in [9.17, 15) is 22.8 Å². The number of aliphatic carboxylic acids is 1. The molecule has 1 fully saturated rings. The Bertz CT molecular complexity index is 371. The van der Waals surface area contributed by atoms with E-state index in [0.717, 1.165) is 0 Å². The Kier molecular flexibility index (Phi) is 6.48. The van der Waals surface area contributed by atoms with Gasteiger partial charge in [0.2, 0.25) is 5.91 Å². The first-order chi connectivity index (χ1) is 9.75. The van der Waals surface area contributed by atoms with E-state index in [1.165, 1.54) is 0 Å². The van der Waals surface area contributed by atoms with Gasteiger partial charge in [0, 0.05) is 12.5 Å². The van der Waals surface area contributed by atoms with Crippen molar-refractivity contribution in [3.8, 4) is 0 Å². The molecular formula is C14H22F3NO3. The number of hydrogen-bond donors (Lipinski definition) is 2. The molecule has 3 unspecified atom stereocenters. The van der Waals surface area contributed by atoms with Crippen molar-refractivity contribution in [2.45, 2.75) is 51.6 Å². The van der Waals surface area contributed by atoms with Crippen LogP contribution in [0.3, 0.4) is 0 Å². The van der Waals surface area contributed by atoms with Crippen LogP contribution in [-0.2, 0) is 9.59 Å². The summed E-state index contributed by atoms with van der Waals surface area (Å²) in [6, 6.07) is 0. The van der Waals surface area contributed by atoms with Gasteiger partial charge in [0.05, 0.1) is 11.8 Å². The summed E-state index contributed by atoms with van der Waals surface area (Å²) in [5.41, 5.74) is 0. The molecule has 0 aromatic heterocycles. The number of amides is 1. The van der Waals surface area contributed by atoms with Gasteiger partial charge >= 0.3 is 12.1 Å². The molecule has 0 aromatic rings. The minimum Gasteiger partial charge on any atom is -0.481 e. The second-order valence-electron chi connectivity index (χ2n) is 5.67. The minimum atomic E-state index is -4.26. The second-order valence-corrected chi connectivity index (χ2v) is 5.67. The highest BCUT2D eigenvalue weighted by Crippen LogP contribution is 2.39. The fraction of sp³-hybridized carbons (Fsp3) is 0.857. The first kappa shape index (κ1) is 17.8. The van der Waals surface area contributed by atoms with E-state index in [-0.39, 0.29) is 19.4 Å². The standard InChI is InChI=1S/C14H22F3NO3/c1-2-4-10(13(20)21)8-18-12(19)9-5-3-6-11(7-9)14(15,16)17/h9-11H,2-8H2,1H3,(H,18,19)(H,20,21). The second kappa shape index (κ2) is 7.66. The Balaban J connectivity index is 2.49. The van der Waals surface area contributed by atoms with Gasteiger partial charge in [0.15, 0.2) is 0 Å². The zero-order valence-corrected chi connectivity index (χ0v) is 12.1. The van der Waals surface area contributed by atoms with Crippen LogP contribution in [-0.4, -0.2) is 29.7 Å². The quantitative estimate of drug-likeness (QED) is 0.792. The van der Waals surface area contributed by atoms with Crippen molar-refractivity contribution in [1.82, 2.24) is 5.32 Å². The molecule has 0 spiro atoms. The lowest BCUT2D eigenvalue weighted by atomic mass is 9.80. The average molecular weight is 309 g/mol. The Hall–Kier alpha value is -1.27. The van der Waals surface area contributed by atoms with Crippen molar-refractivity contribution in [3.05, 3.63) is 0 Å². The first-order valence-corrected chi connectivity index (χ1v) is 7.32. The third kappa shape index (κ3) is 5.55. The highest BCUT2D eigenvalue weighted by Gasteiger charge is 2.43. The number of nitrogens with one attached hydrogen (secondary N) is 1. The number of rotatable bonds is 6. The van der Waals surface area contributed by atoms with Crippen molar-refractivity contribution >= 4 is 11.9 Å². The van der Waals surface area contributed by atoms with Crippen LogP contribution in [0.15, 0.2) is 0 Å². The molecule has 0 aromatic carbocycles. The first-order valence-electron chi connectivity index (χ1n) is 7.32. The normalized spacial score (nSPS) is 24.4. The summed E-state index contributed by atoms with van der Waals surface area (Å²) in [5, 5.41) is 11.5. The van der Waals surface area contributed by atoms with Crippen LogP contribution < -0.4 is 5.32 Å². The highest BCUT2D eigenvalue weighted by molar-refractivity contribution is 5.79. The lowest BCUT2D eigenvalue weighted by Gasteiger charge is -2.30. The molecule has 1 aliphatic rings. The summed E-state index contributed by atoms with van der Waals surface area (Å²) in [6.45, 7) is 1.82. The smallest absolute Gasteiger partial charge is 0.391 e. The van der Waals surface area contributed by atoms with Gasteiger partial charge in [-0.1, -0.05) is 19.8 Å². The number of halogens is 3. The van der Waals surface area contributed by atoms with E-state index < -0.39 is 35.8 Å². The third-order valence-electron chi connectivity index (χ3n) is 4.02. The molecule has 21 heavy (non-hydrogen) atoms. The van der Waals surface area contributed by atoms with E-state index in [1.807, 2.05) is 6.92 Å². The Morgan fingerprint density at radius 2 is 2.00 bits per heavy atom. The Morgan fingerprint density at radius 1 is 1.33 bits per heavy atom. The average Bonchev–Trinajstić information content (AvgIpc) is 2.42. The summed E-state index contributed by atoms with van der Waals surface area (Å²) in [7, 11) is 0. The largest absolute Gasteiger partial charge is 0.481 e. The molecular weight excluding hydrogens is 287 g/mol. The molecule has 0 saturated heterocycles. The fourth-order valence-electron chi connectivity index (χ4n) is 2.75. The Morgan fingerprint density at radius 3 is 2.52 bits per heavy atom. The van der Waals surface area contributed by atoms with E-state index in [4.69, 9.17) is 5.11 Å². The fourth-order valence-corrected chi connectivity index (χ4v) is 2.75. The number of carbonyl (C=O) groups excluding carboxylic acids is 1. The van der Waals surface area contributed by atoms with E-state index in [0.29, 0.717) is 25.7 Å². The van der Waals surface area contributed by atoms with Crippen LogP contribution in [0.25, 0.3) is 0 Å². The molecule has 1 rings (SSSR count). The van der Waals surface area contributed by atoms with Crippen LogP contribution in [0.2, 0.25) is 0 Å². The van der Waals surface area contributed by atoms with Gasteiger partial charge in [-0.05, 0) is 25.7 Å². The predicted molar refractivity (Wildman–Crippen MR) is 70.5 cm³/mol. The van der Waals surface area contributed by atoms with Gasteiger partial charge in [-0.15, -0.1) is 0 Å². The molecule has 0 heterocycles. The maximum absolute atomic E-state index is 12.7. The number of alkyl halides is 3. The van der Waals surface area contributed by atoms with Gasteiger partial charge < -0.3 is 10.4 Å². The summed E-state index contributed by atoms with van der Waals surface area (Å²) in [5.74, 6) is -4.21. The number of carboxylic acid groups (broad SMARTS) is 1. The summed E-state index contributed by atoms with van der Waals surface area (Å²) in [4.78, 5) is 22.9. The van der Waals surface area contributed by atoms with E-state index in [2.05, 4.69) is 5.32 Å². The van der Waals surface area contributed by atoms with Gasteiger partial charge in [-0.2, -0.15) is 13.2 Å². The summed E-state index contributed by atoms with van der Waals surface area (Å²) in [6.07, 6.45) is -2.46. The number of carbonyl (C=O) groups is 2. The third-order valence-corrected chi connectivity index (χ3v) is 4.02. The van der Waals surface area contributed by atoms with Gasteiger partial charge in [-0.25, -0.2) is 0 Å². The molecule has 1 aliphatic carbocycles. The maximum atomic E-state index is 12.7. The molecule has 122 valence electrons. The molecule has 1 saturated carbocycles. The molecule has 3 atom stereocenters. The number of hydrogen-bond acceptors (Lipinski definition) is 2. The molecule has 1 amide bonds. The Labute approximate surface area is 122 Å². The lowest BCUT2D eigenvalue weighted by Crippen LogP contribution is -2.40. The van der Waals surface area contributed by atoms with Crippen molar-refractivity contribution in [1.29, 1.82) is 0 Å². The number of carboxylic acids is 1. The van der Waals surface area contributed by atoms with Crippen LogP contribution in [0.5, 0.6) is 0 Å². The van der Waals surface area contributed by atoms with Gasteiger partial charge in [-0.3, -0.25) is 9.59 Å². The van der Waals surface area contributed by atoms with Crippen molar-refractivity contribution in [3.63, 3.8) is 0 Å². The zero-order valence-electron chi connectivity index (χ0n) is 12.1. The van der Waals surface area contributed by atoms with E-state index >= 15 is 0 Å². The maximum Gasteiger partial charge on any atom is 0.391 e. The molecule has 0 bridgehead atoms. The van der Waals surface area contributed by atoms with Crippen molar-refractivity contribution < 1.29 is 27.9 Å². The van der Waals surface area contributed by atoms with Crippen LogP contribution in [0.1, 0.15) is 45.4 Å². The summed E-state index contributed by atoms with van der Waals surface area (Å²) >= 11 is 0. The molecule has 0 radical (unpaired) electrons. The molecule has 0 aliphatic heterocycles. The van der Waals surface area contributed by atoms with Crippen molar-refractivity contribution in [2.75, 3.05) is 6.54 Å². The highest BCUT2D eigenvalue weighted by atomic mass is 19.4. The topological polar surface area (TPSA) is 66.4 Å². The molecule has 4 nitrogen and oxygen atoms in total. The van der Waals surface area contributed by atoms with Crippen LogP contribution in [0, 0.1) is 17.8 Å². The molecule has 7 heteroatoms. The van der Waals surface area contributed by atoms with E-state index in [1.54, 1.807) is 0 Å². The predicted octanol–water partition coefficient (Wildman–Crippen LogP) is 2.97. The van der Waals surface area contributed by atoms with Gasteiger partial charge in [0.25, 0.3) is 0 Å². The zero-order chi connectivity index (χ0) is 16.0. The minimum absolute atomic E-state index is 0.0187. The SMILES string of the molecule is CCCC(CNC(=O)C1CCCC(C(F)(F)F)C1)C(=O)O. The lowest BCUT2D eigenvalue weighted by molar-refractivity contribution is -0.186. The monoisotopic (exact) mass is 309 g/mol. The van der Waals surface area contributed by atoms with Crippen LogP contribution in [0.4, 0.5) is 13.2 Å². The van der Waals surface area contributed by atoms with Crippen LogP contribution >= 0.6 is 0 Å².